The summed E-state index contributed by atoms with van der Waals surface area (Å²) in [4.78, 5) is 28.1. The van der Waals surface area contributed by atoms with Gasteiger partial charge in [-0.15, -0.1) is 0 Å². The van der Waals surface area contributed by atoms with Gasteiger partial charge in [-0.2, -0.15) is 0 Å². The Bertz CT molecular complexity index is 1090. The third-order valence-corrected chi connectivity index (χ3v) is 7.56. The van der Waals surface area contributed by atoms with Crippen LogP contribution in [0, 0.1) is 19.8 Å². The van der Waals surface area contributed by atoms with Crippen molar-refractivity contribution in [2.45, 2.75) is 26.7 Å². The molecule has 2 saturated heterocycles. The van der Waals surface area contributed by atoms with Gasteiger partial charge in [0.05, 0.1) is 11.0 Å². The fourth-order valence-electron chi connectivity index (χ4n) is 5.21. The van der Waals surface area contributed by atoms with Crippen molar-refractivity contribution in [1.29, 1.82) is 0 Å². The zero-order valence-corrected chi connectivity index (χ0v) is 20.4. The normalized spacial score (nSPS) is 17.9. The van der Waals surface area contributed by atoms with Crippen LogP contribution in [0.5, 0.6) is 0 Å². The molecule has 5 rings (SSSR count). The van der Waals surface area contributed by atoms with E-state index in [9.17, 15) is 4.79 Å². The molecule has 2 aliphatic rings. The number of rotatable bonds is 6. The molecule has 0 spiro atoms. The summed E-state index contributed by atoms with van der Waals surface area (Å²) in [6.45, 7) is 11.9. The summed E-state index contributed by atoms with van der Waals surface area (Å²) in [6.07, 6.45) is 1.74. The molecule has 0 bridgehead atoms. The molecule has 2 aliphatic heterocycles. The lowest BCUT2D eigenvalue weighted by molar-refractivity contribution is -0.125. The average molecular weight is 461 g/mol. The molecule has 0 unspecified atom stereocenters. The first kappa shape index (κ1) is 22.7. The Morgan fingerprint density at radius 2 is 1.74 bits per heavy atom. The van der Waals surface area contributed by atoms with Gasteiger partial charge in [-0.3, -0.25) is 9.69 Å². The van der Waals surface area contributed by atoms with Crippen LogP contribution >= 0.6 is 0 Å². The van der Waals surface area contributed by atoms with Crippen LogP contribution in [-0.4, -0.2) is 73.1 Å². The Labute approximate surface area is 202 Å². The Morgan fingerprint density at radius 1 is 0.971 bits per heavy atom. The molecule has 0 aliphatic carbocycles. The van der Waals surface area contributed by atoms with E-state index in [0.29, 0.717) is 0 Å². The van der Waals surface area contributed by atoms with Gasteiger partial charge in [-0.25, -0.2) is 4.98 Å². The van der Waals surface area contributed by atoms with Crippen molar-refractivity contribution in [3.05, 3.63) is 53.6 Å². The summed E-state index contributed by atoms with van der Waals surface area (Å²) in [5, 5.41) is 3.20. The fourth-order valence-corrected chi connectivity index (χ4v) is 5.21. The van der Waals surface area contributed by atoms with E-state index in [1.165, 1.54) is 16.8 Å². The SMILES string of the molecule is Cc1cccc(N2CCN(CCNC(=O)C3CCN(c4nc5ccccc5[nH]4)CC3)CC2)c1C. The van der Waals surface area contributed by atoms with Crippen molar-refractivity contribution < 1.29 is 4.79 Å². The van der Waals surface area contributed by atoms with Gasteiger partial charge in [0.1, 0.15) is 0 Å². The maximum absolute atomic E-state index is 12.8. The number of aromatic amines is 1. The number of piperidine rings is 1. The number of benzene rings is 2. The van der Waals surface area contributed by atoms with E-state index >= 15 is 0 Å². The van der Waals surface area contributed by atoms with E-state index in [1.54, 1.807) is 0 Å². The van der Waals surface area contributed by atoms with Gasteiger partial charge in [0, 0.05) is 64.0 Å². The van der Waals surface area contributed by atoms with Gasteiger partial charge in [0.25, 0.3) is 0 Å². The first-order chi connectivity index (χ1) is 16.6. The number of aryl methyl sites for hydroxylation is 1. The molecule has 0 radical (unpaired) electrons. The number of H-pyrrole nitrogens is 1. The van der Waals surface area contributed by atoms with Crippen LogP contribution in [0.2, 0.25) is 0 Å². The average Bonchev–Trinajstić information content (AvgIpc) is 3.31. The number of nitrogens with one attached hydrogen (secondary N) is 2. The summed E-state index contributed by atoms with van der Waals surface area (Å²) < 4.78 is 0. The van der Waals surface area contributed by atoms with Gasteiger partial charge in [-0.05, 0) is 56.0 Å². The van der Waals surface area contributed by atoms with E-state index in [-0.39, 0.29) is 11.8 Å². The maximum atomic E-state index is 12.8. The number of carbonyl (C=O) groups is 1. The predicted octanol–water partition coefficient (Wildman–Crippen LogP) is 3.33. The molecule has 7 heteroatoms. The lowest BCUT2D eigenvalue weighted by atomic mass is 9.96. The van der Waals surface area contributed by atoms with E-state index in [1.807, 2.05) is 18.2 Å². The summed E-state index contributed by atoms with van der Waals surface area (Å²) >= 11 is 0. The Kier molecular flexibility index (Phi) is 6.72. The van der Waals surface area contributed by atoms with Crippen molar-refractivity contribution >= 4 is 28.6 Å². The fraction of sp³-hybridized carbons (Fsp3) is 0.481. The molecule has 2 N–H and O–H groups in total. The quantitative estimate of drug-likeness (QED) is 0.591. The third kappa shape index (κ3) is 4.89. The molecule has 1 aromatic heterocycles. The number of fused-ring (bicyclic) bond motifs is 1. The minimum atomic E-state index is 0.0989. The largest absolute Gasteiger partial charge is 0.369 e. The Balaban J connectivity index is 1.03. The second-order valence-electron chi connectivity index (χ2n) is 9.68. The van der Waals surface area contributed by atoms with Gasteiger partial charge in [0.2, 0.25) is 11.9 Å². The zero-order chi connectivity index (χ0) is 23.5. The van der Waals surface area contributed by atoms with Gasteiger partial charge in [0.15, 0.2) is 0 Å². The smallest absolute Gasteiger partial charge is 0.223 e. The lowest BCUT2D eigenvalue weighted by Crippen LogP contribution is -2.49. The van der Waals surface area contributed by atoms with Crippen molar-refractivity contribution in [2.75, 3.05) is 62.2 Å². The molecular formula is C27H36N6O. The van der Waals surface area contributed by atoms with Gasteiger partial charge >= 0.3 is 0 Å². The maximum Gasteiger partial charge on any atom is 0.223 e. The van der Waals surface area contributed by atoms with Crippen LogP contribution in [0.4, 0.5) is 11.6 Å². The predicted molar refractivity (Wildman–Crippen MR) is 139 cm³/mol. The number of para-hydroxylation sites is 2. The number of amides is 1. The molecule has 34 heavy (non-hydrogen) atoms. The number of piperazine rings is 1. The molecule has 3 heterocycles. The Morgan fingerprint density at radius 3 is 2.50 bits per heavy atom. The second-order valence-corrected chi connectivity index (χ2v) is 9.68. The van der Waals surface area contributed by atoms with Crippen LogP contribution in [0.1, 0.15) is 24.0 Å². The van der Waals surface area contributed by atoms with Crippen LogP contribution < -0.4 is 15.1 Å². The van der Waals surface area contributed by atoms with Crippen LogP contribution in [0.3, 0.4) is 0 Å². The summed E-state index contributed by atoms with van der Waals surface area (Å²) in [5.74, 6) is 1.22. The molecule has 1 amide bonds. The van der Waals surface area contributed by atoms with E-state index in [4.69, 9.17) is 4.98 Å². The van der Waals surface area contributed by atoms with Crippen molar-refractivity contribution in [2.24, 2.45) is 5.92 Å². The van der Waals surface area contributed by atoms with E-state index in [0.717, 1.165) is 82.2 Å². The first-order valence-corrected chi connectivity index (χ1v) is 12.6. The molecular weight excluding hydrogens is 424 g/mol. The van der Waals surface area contributed by atoms with Gasteiger partial charge < -0.3 is 20.1 Å². The zero-order valence-electron chi connectivity index (χ0n) is 20.4. The summed E-state index contributed by atoms with van der Waals surface area (Å²) in [6, 6.07) is 14.7. The van der Waals surface area contributed by atoms with Crippen LogP contribution in [0.25, 0.3) is 11.0 Å². The molecule has 2 aromatic carbocycles. The Hall–Kier alpha value is -3.06. The standard InChI is InChI=1S/C27H36N6O/c1-20-6-5-9-25(21(20)2)32-18-16-31(17-19-32)15-12-28-26(34)22-10-13-33(14-11-22)27-29-23-7-3-4-8-24(23)30-27/h3-9,22H,10-19H2,1-2H3,(H,28,34)(H,29,30). The third-order valence-electron chi connectivity index (χ3n) is 7.56. The van der Waals surface area contributed by atoms with E-state index < -0.39 is 0 Å². The second kappa shape index (κ2) is 10.1. The number of imidazole rings is 1. The molecule has 0 atom stereocenters. The molecule has 180 valence electrons. The summed E-state index contributed by atoms with van der Waals surface area (Å²) in [5.41, 5.74) is 6.15. The highest BCUT2D eigenvalue weighted by Crippen LogP contribution is 2.25. The van der Waals surface area contributed by atoms with Crippen LogP contribution in [0.15, 0.2) is 42.5 Å². The molecule has 7 nitrogen and oxygen atoms in total. The highest BCUT2D eigenvalue weighted by atomic mass is 16.1. The minimum absolute atomic E-state index is 0.0989. The van der Waals surface area contributed by atoms with Crippen molar-refractivity contribution in [3.8, 4) is 0 Å². The number of hydrogen-bond donors (Lipinski definition) is 2. The topological polar surface area (TPSA) is 67.5 Å². The number of hydrogen-bond acceptors (Lipinski definition) is 5. The van der Waals surface area contributed by atoms with Crippen molar-refractivity contribution in [3.63, 3.8) is 0 Å². The highest BCUT2D eigenvalue weighted by Gasteiger charge is 2.26. The first-order valence-electron chi connectivity index (χ1n) is 12.6. The molecule has 2 fully saturated rings. The number of carbonyl (C=O) groups excluding carboxylic acids is 1. The number of anilines is 2. The molecule has 0 saturated carbocycles. The number of nitrogens with zero attached hydrogens (tertiary/aromatic N) is 4. The lowest BCUT2D eigenvalue weighted by Gasteiger charge is -2.37. The molecule has 3 aromatic rings. The van der Waals surface area contributed by atoms with Crippen molar-refractivity contribution in [1.82, 2.24) is 20.2 Å². The monoisotopic (exact) mass is 460 g/mol. The van der Waals surface area contributed by atoms with Gasteiger partial charge in [-0.1, -0.05) is 24.3 Å². The highest BCUT2D eigenvalue weighted by molar-refractivity contribution is 5.79. The van der Waals surface area contributed by atoms with Crippen LogP contribution in [-0.2, 0) is 4.79 Å². The number of aromatic nitrogens is 2. The minimum Gasteiger partial charge on any atom is -0.369 e. The summed E-state index contributed by atoms with van der Waals surface area (Å²) in [7, 11) is 0. The van der Waals surface area contributed by atoms with E-state index in [2.05, 4.69) is 63.1 Å².